The van der Waals surface area contributed by atoms with Crippen LogP contribution in [0.1, 0.15) is 0 Å². The molecule has 0 N–H and O–H groups in total. The molecule has 1 aromatic heterocycles. The highest BCUT2D eigenvalue weighted by molar-refractivity contribution is 6.16. The summed E-state index contributed by atoms with van der Waals surface area (Å²) in [6.45, 7) is 0. The van der Waals surface area contributed by atoms with Gasteiger partial charge in [-0.1, -0.05) is 206 Å². The van der Waals surface area contributed by atoms with Gasteiger partial charge in [-0.2, -0.15) is 0 Å². The zero-order valence-electron chi connectivity index (χ0n) is 39.5. The zero-order chi connectivity index (χ0) is 47.5. The normalized spacial score (nSPS) is 11.6. The fourth-order valence-corrected chi connectivity index (χ4v) is 11.3. The van der Waals surface area contributed by atoms with Crippen molar-refractivity contribution in [2.75, 3.05) is 4.90 Å². The van der Waals surface area contributed by atoms with Gasteiger partial charge in [-0.3, -0.25) is 0 Å². The number of fused-ring (bicyclic) bond motifs is 8. The molecule has 2 heteroatoms. The van der Waals surface area contributed by atoms with Crippen LogP contribution >= 0.6 is 0 Å². The Morgan fingerprint density at radius 1 is 0.236 bits per heavy atom. The average Bonchev–Trinajstić information content (AvgIpc) is 3.77. The molecule has 0 saturated carbocycles. The molecule has 0 saturated heterocycles. The highest BCUT2D eigenvalue weighted by atomic mass is 15.1. The second-order valence-electron chi connectivity index (χ2n) is 18.9. The van der Waals surface area contributed by atoms with Crippen LogP contribution in [0.2, 0.25) is 0 Å². The Kier molecular flexibility index (Phi) is 9.89. The van der Waals surface area contributed by atoms with E-state index in [0.29, 0.717) is 0 Å². The van der Waals surface area contributed by atoms with Crippen molar-refractivity contribution in [3.05, 3.63) is 279 Å². The largest absolute Gasteiger partial charge is 0.310 e. The molecule has 0 amide bonds. The lowest BCUT2D eigenvalue weighted by Gasteiger charge is -2.29. The maximum absolute atomic E-state index is 2.48. The van der Waals surface area contributed by atoms with Crippen LogP contribution in [0.4, 0.5) is 17.1 Å². The molecule has 0 aliphatic carbocycles. The number of aromatic nitrogens is 1. The summed E-state index contributed by atoms with van der Waals surface area (Å²) in [5, 5.41) is 12.4. The van der Waals surface area contributed by atoms with Gasteiger partial charge in [-0.05, 0) is 149 Å². The quantitative estimate of drug-likeness (QED) is 0.138. The molecule has 1 heterocycles. The van der Waals surface area contributed by atoms with E-state index in [1.807, 2.05) is 0 Å². The Morgan fingerprint density at radius 2 is 0.819 bits per heavy atom. The Balaban J connectivity index is 0.977. The van der Waals surface area contributed by atoms with Crippen molar-refractivity contribution in [1.29, 1.82) is 0 Å². The molecule has 0 atom stereocenters. The van der Waals surface area contributed by atoms with Crippen LogP contribution < -0.4 is 4.90 Å². The number of rotatable bonds is 8. The van der Waals surface area contributed by atoms with Gasteiger partial charge in [0.2, 0.25) is 0 Å². The van der Waals surface area contributed by atoms with E-state index in [9.17, 15) is 0 Å². The summed E-state index contributed by atoms with van der Waals surface area (Å²) in [7, 11) is 0. The Bertz CT molecular complexity index is 4390. The van der Waals surface area contributed by atoms with Crippen molar-refractivity contribution < 1.29 is 0 Å². The fourth-order valence-electron chi connectivity index (χ4n) is 11.3. The van der Waals surface area contributed by atoms with Gasteiger partial charge in [0.15, 0.2) is 0 Å². The number of nitrogens with zero attached hydrogens (tertiary/aromatic N) is 2. The molecule has 0 bridgehead atoms. The molecule has 336 valence electrons. The smallest absolute Gasteiger partial charge is 0.0547 e. The molecule has 0 spiro atoms. The van der Waals surface area contributed by atoms with Gasteiger partial charge in [0, 0.05) is 33.3 Å². The van der Waals surface area contributed by atoms with Gasteiger partial charge in [-0.25, -0.2) is 0 Å². The monoisotopic (exact) mass is 914 g/mol. The Morgan fingerprint density at radius 3 is 1.64 bits per heavy atom. The standard InChI is InChI=1S/C70H46N2/c1-2-17-47(18-3-1)55-37-40-69(72-68-32-15-13-30-63(68)66-44-52-21-6-7-22-53(52)46-70(66)72)64(43-55)49-35-38-57(39-36-49)71(58-25-16-24-51(42-58)54-34-33-48-19-4-5-20-50(48)41-54)67-31-14-12-29-62(67)65-45-56-23-8-9-26-59(56)60-27-10-11-28-61(60)65/h1-46H. The first-order valence-electron chi connectivity index (χ1n) is 24.8. The zero-order valence-corrected chi connectivity index (χ0v) is 39.5. The summed E-state index contributed by atoms with van der Waals surface area (Å²) >= 11 is 0. The second-order valence-corrected chi connectivity index (χ2v) is 18.9. The number of hydrogen-bond acceptors (Lipinski definition) is 1. The summed E-state index contributed by atoms with van der Waals surface area (Å²) in [5.41, 5.74) is 16.1. The number of hydrogen-bond donors (Lipinski definition) is 0. The van der Waals surface area contributed by atoms with E-state index in [1.54, 1.807) is 0 Å². The molecule has 0 radical (unpaired) electrons. The first-order chi connectivity index (χ1) is 35.7. The van der Waals surface area contributed by atoms with E-state index in [-0.39, 0.29) is 0 Å². The highest BCUT2D eigenvalue weighted by Crippen LogP contribution is 2.46. The lowest BCUT2D eigenvalue weighted by molar-refractivity contribution is 1.18. The molecule has 0 unspecified atom stereocenters. The van der Waals surface area contributed by atoms with Gasteiger partial charge in [0.05, 0.1) is 22.4 Å². The SMILES string of the molecule is c1ccc(-c2ccc(-n3c4ccccc4c4cc5ccccc5cc43)c(-c3ccc(N(c4cccc(-c5ccc6ccccc6c5)c4)c4ccccc4-c4cc5ccccc5c5ccccc45)cc3)c2)cc1. The van der Waals surface area contributed by atoms with E-state index >= 15 is 0 Å². The van der Waals surface area contributed by atoms with Gasteiger partial charge in [0.1, 0.15) is 0 Å². The van der Waals surface area contributed by atoms with Crippen LogP contribution in [-0.4, -0.2) is 4.57 Å². The van der Waals surface area contributed by atoms with Gasteiger partial charge in [-0.15, -0.1) is 0 Å². The van der Waals surface area contributed by atoms with Crippen LogP contribution in [0, 0.1) is 0 Å². The second kappa shape index (κ2) is 17.2. The lowest BCUT2D eigenvalue weighted by Crippen LogP contribution is -2.11. The molecule has 14 aromatic rings. The number of benzene rings is 13. The molecule has 14 rings (SSSR count). The van der Waals surface area contributed by atoms with Gasteiger partial charge in [0.25, 0.3) is 0 Å². The van der Waals surface area contributed by atoms with Crippen LogP contribution in [-0.2, 0) is 0 Å². The topological polar surface area (TPSA) is 8.17 Å². The first kappa shape index (κ1) is 41.5. The van der Waals surface area contributed by atoms with Crippen molar-refractivity contribution in [3.63, 3.8) is 0 Å². The maximum atomic E-state index is 2.48. The van der Waals surface area contributed by atoms with Crippen molar-refractivity contribution >= 4 is 82.0 Å². The average molecular weight is 915 g/mol. The number of anilines is 3. The minimum absolute atomic E-state index is 1.07. The van der Waals surface area contributed by atoms with Gasteiger partial charge < -0.3 is 9.47 Å². The van der Waals surface area contributed by atoms with Crippen LogP contribution in [0.25, 0.3) is 115 Å². The predicted molar refractivity (Wildman–Crippen MR) is 307 cm³/mol. The summed E-state index contributed by atoms with van der Waals surface area (Å²) in [6, 6.07) is 103. The van der Waals surface area contributed by atoms with E-state index in [4.69, 9.17) is 0 Å². The van der Waals surface area contributed by atoms with Crippen LogP contribution in [0.3, 0.4) is 0 Å². The van der Waals surface area contributed by atoms with Crippen molar-refractivity contribution in [2.24, 2.45) is 0 Å². The Labute approximate surface area is 418 Å². The number of para-hydroxylation sites is 2. The third-order valence-electron chi connectivity index (χ3n) is 14.7. The third kappa shape index (κ3) is 7.03. The van der Waals surface area contributed by atoms with E-state index in [2.05, 4.69) is 289 Å². The molecule has 0 aliphatic rings. The van der Waals surface area contributed by atoms with Crippen LogP contribution in [0.15, 0.2) is 279 Å². The minimum atomic E-state index is 1.07. The van der Waals surface area contributed by atoms with Crippen molar-refractivity contribution in [1.82, 2.24) is 4.57 Å². The van der Waals surface area contributed by atoms with Crippen LogP contribution in [0.5, 0.6) is 0 Å². The molecule has 0 aliphatic heterocycles. The molecular formula is C70H46N2. The van der Waals surface area contributed by atoms with E-state index < -0.39 is 0 Å². The molecular weight excluding hydrogens is 869 g/mol. The summed E-state index contributed by atoms with van der Waals surface area (Å²) in [5.74, 6) is 0. The highest BCUT2D eigenvalue weighted by Gasteiger charge is 2.22. The molecule has 13 aromatic carbocycles. The predicted octanol–water partition coefficient (Wildman–Crippen LogP) is 19.5. The van der Waals surface area contributed by atoms with Gasteiger partial charge >= 0.3 is 0 Å². The molecule has 0 fully saturated rings. The summed E-state index contributed by atoms with van der Waals surface area (Å²) in [4.78, 5) is 2.45. The first-order valence-corrected chi connectivity index (χ1v) is 24.8. The molecule has 2 nitrogen and oxygen atoms in total. The van der Waals surface area contributed by atoms with Crippen molar-refractivity contribution in [2.45, 2.75) is 0 Å². The Hall–Kier alpha value is -9.50. The lowest BCUT2D eigenvalue weighted by atomic mass is 9.92. The van der Waals surface area contributed by atoms with Crippen molar-refractivity contribution in [3.8, 4) is 50.2 Å². The summed E-state index contributed by atoms with van der Waals surface area (Å²) < 4.78 is 2.48. The fraction of sp³-hybridized carbons (Fsp3) is 0. The maximum Gasteiger partial charge on any atom is 0.0547 e. The van der Waals surface area contributed by atoms with E-state index in [0.717, 1.165) is 45.0 Å². The summed E-state index contributed by atoms with van der Waals surface area (Å²) in [6.07, 6.45) is 0. The third-order valence-corrected chi connectivity index (χ3v) is 14.7. The van der Waals surface area contributed by atoms with E-state index in [1.165, 1.54) is 87.1 Å². The molecule has 72 heavy (non-hydrogen) atoms. The minimum Gasteiger partial charge on any atom is -0.310 e.